The molecule has 0 spiro atoms. The molecule has 0 bridgehead atoms. The van der Waals surface area contributed by atoms with E-state index in [-0.39, 0.29) is 5.41 Å². The topological polar surface area (TPSA) is 56.1 Å². The van der Waals surface area contributed by atoms with Crippen LogP contribution in [-0.4, -0.2) is 16.8 Å². The maximum absolute atomic E-state index is 6.53. The van der Waals surface area contributed by atoms with Gasteiger partial charge in [0.05, 0.1) is 21.4 Å². The van der Waals surface area contributed by atoms with E-state index in [9.17, 15) is 0 Å². The average Bonchev–Trinajstić information content (AvgIpc) is 4.03. The number of benzene rings is 8. The van der Waals surface area contributed by atoms with Crippen LogP contribution in [0.2, 0.25) is 0 Å². The van der Waals surface area contributed by atoms with Crippen LogP contribution < -0.4 is 16.2 Å². The lowest BCUT2D eigenvalue weighted by Gasteiger charge is -2.24. The predicted octanol–water partition coefficient (Wildman–Crippen LogP) is 13.5. The summed E-state index contributed by atoms with van der Waals surface area (Å²) in [5, 5.41) is 11.7. The van der Waals surface area contributed by atoms with Gasteiger partial charge in [-0.2, -0.15) is 0 Å². The Kier molecular flexibility index (Phi) is 6.90. The molecule has 12 aromatic rings. The number of aromatic nitrogens is 2. The van der Waals surface area contributed by atoms with Gasteiger partial charge in [0.25, 0.3) is 0 Å². The molecule has 0 amide bonds. The monoisotopic (exact) mass is 788 g/mol. The lowest BCUT2D eigenvalue weighted by molar-refractivity contribution is 0.590. The van der Waals surface area contributed by atoms with E-state index in [0.29, 0.717) is 0 Å². The van der Waals surface area contributed by atoms with E-state index in [2.05, 4.69) is 171 Å². The Morgan fingerprint density at radius 2 is 1.30 bits per heavy atom. The van der Waals surface area contributed by atoms with Crippen molar-refractivity contribution in [1.29, 1.82) is 0 Å². The van der Waals surface area contributed by atoms with Gasteiger partial charge in [0, 0.05) is 72.5 Å². The van der Waals surface area contributed by atoms with Gasteiger partial charge < -0.3 is 18.7 Å². The Morgan fingerprint density at radius 1 is 0.600 bits per heavy atom. The van der Waals surface area contributed by atoms with Crippen molar-refractivity contribution in [2.75, 3.05) is 5.32 Å². The molecule has 0 saturated heterocycles. The van der Waals surface area contributed by atoms with Gasteiger partial charge in [-0.3, -0.25) is 0 Å². The number of thiazole rings is 1. The molecular formula is C53H35BN3O2S. The third-order valence-electron chi connectivity index (χ3n) is 12.4. The van der Waals surface area contributed by atoms with Crippen molar-refractivity contribution < 1.29 is 8.83 Å². The molecule has 1 N–H and O–H groups in total. The third-order valence-corrected chi connectivity index (χ3v) is 13.5. The van der Waals surface area contributed by atoms with E-state index in [1.807, 2.05) is 18.2 Å². The number of fused-ring (bicyclic) bond motifs is 12. The van der Waals surface area contributed by atoms with Crippen LogP contribution >= 0.6 is 11.3 Å². The second kappa shape index (κ2) is 12.2. The lowest BCUT2D eigenvalue weighted by Crippen LogP contribution is -2.37. The molecule has 60 heavy (non-hydrogen) atoms. The van der Waals surface area contributed by atoms with Gasteiger partial charge in [-0.25, -0.2) is 4.98 Å². The second-order valence-corrected chi connectivity index (χ2v) is 18.1. The fourth-order valence-corrected chi connectivity index (χ4v) is 10.4. The Hall–Kier alpha value is -7.09. The Balaban J connectivity index is 1.09. The predicted molar refractivity (Wildman–Crippen MR) is 253 cm³/mol. The van der Waals surface area contributed by atoms with Crippen LogP contribution in [0.5, 0.6) is 0 Å². The average molecular weight is 789 g/mol. The minimum Gasteiger partial charge on any atom is -0.456 e. The summed E-state index contributed by atoms with van der Waals surface area (Å²) >= 11 is 1.74. The summed E-state index contributed by atoms with van der Waals surface area (Å²) in [4.78, 5) is 5.18. The van der Waals surface area contributed by atoms with Crippen LogP contribution in [0.3, 0.4) is 0 Å². The SMILES string of the molecule is CC(C)(C)c1ccc(Nc2cc3oc4ccccc4c3cc2-c2ccc3c4cc5c(cc4n4c3c2[B]c2cc3nc(-c6ccccc6)sc3cc2-4)oc2ccccc25)cc1. The first-order valence-corrected chi connectivity index (χ1v) is 21.2. The van der Waals surface area contributed by atoms with Crippen molar-refractivity contribution in [3.05, 3.63) is 157 Å². The van der Waals surface area contributed by atoms with Gasteiger partial charge in [-0.15, -0.1) is 11.3 Å². The van der Waals surface area contributed by atoms with Crippen LogP contribution in [0.25, 0.3) is 103 Å². The fourth-order valence-electron chi connectivity index (χ4n) is 9.43. The minimum absolute atomic E-state index is 0.0580. The normalized spacial score (nSPS) is 12.7. The Labute approximate surface area is 349 Å². The highest BCUT2D eigenvalue weighted by Gasteiger charge is 2.29. The molecule has 0 atom stereocenters. The summed E-state index contributed by atoms with van der Waals surface area (Å²) in [6, 6.07) is 54.3. The van der Waals surface area contributed by atoms with Gasteiger partial charge >= 0.3 is 0 Å². The van der Waals surface area contributed by atoms with Gasteiger partial charge in [-0.05, 0) is 70.5 Å². The summed E-state index contributed by atoms with van der Waals surface area (Å²) in [7, 11) is 2.38. The molecule has 0 fully saturated rings. The third kappa shape index (κ3) is 4.96. The molecule has 4 aromatic heterocycles. The molecule has 13 rings (SSSR count). The summed E-state index contributed by atoms with van der Waals surface area (Å²) < 4.78 is 16.6. The summed E-state index contributed by atoms with van der Waals surface area (Å²) in [5.41, 5.74) is 16.9. The zero-order valence-corrected chi connectivity index (χ0v) is 33.9. The van der Waals surface area contributed by atoms with Gasteiger partial charge in [0.1, 0.15) is 27.3 Å². The maximum Gasteiger partial charge on any atom is 0.198 e. The Morgan fingerprint density at radius 3 is 2.05 bits per heavy atom. The van der Waals surface area contributed by atoms with Crippen LogP contribution in [-0.2, 0) is 5.41 Å². The number of nitrogens with one attached hydrogen (secondary N) is 1. The highest BCUT2D eigenvalue weighted by atomic mass is 32.1. The van der Waals surface area contributed by atoms with Crippen molar-refractivity contribution >= 4 is 117 Å². The highest BCUT2D eigenvalue weighted by Crippen LogP contribution is 2.44. The van der Waals surface area contributed by atoms with E-state index in [4.69, 9.17) is 13.8 Å². The van der Waals surface area contributed by atoms with Crippen molar-refractivity contribution in [3.8, 4) is 27.4 Å². The molecule has 7 heteroatoms. The van der Waals surface area contributed by atoms with Crippen LogP contribution in [0, 0.1) is 0 Å². The molecule has 1 aliphatic heterocycles. The zero-order chi connectivity index (χ0) is 39.9. The first kappa shape index (κ1) is 33.8. The van der Waals surface area contributed by atoms with E-state index >= 15 is 0 Å². The first-order valence-electron chi connectivity index (χ1n) is 20.4. The van der Waals surface area contributed by atoms with Crippen LogP contribution in [0.15, 0.2) is 160 Å². The van der Waals surface area contributed by atoms with Crippen LogP contribution in [0.1, 0.15) is 26.3 Å². The van der Waals surface area contributed by atoms with Gasteiger partial charge in [-0.1, -0.05) is 117 Å². The maximum atomic E-state index is 6.53. The molecule has 0 aliphatic carbocycles. The molecule has 1 aliphatic rings. The number of para-hydroxylation sites is 2. The van der Waals surface area contributed by atoms with Crippen molar-refractivity contribution in [3.63, 3.8) is 0 Å². The summed E-state index contributed by atoms with van der Waals surface area (Å²) in [6.07, 6.45) is 0. The number of rotatable bonds is 4. The number of furan rings is 2. The highest BCUT2D eigenvalue weighted by molar-refractivity contribution is 7.21. The van der Waals surface area contributed by atoms with E-state index in [1.54, 1.807) is 11.3 Å². The summed E-state index contributed by atoms with van der Waals surface area (Å²) in [6.45, 7) is 6.75. The minimum atomic E-state index is 0.0580. The molecule has 0 unspecified atom stereocenters. The fraction of sp³-hybridized carbons (Fsp3) is 0.0755. The molecule has 0 saturated carbocycles. The van der Waals surface area contributed by atoms with E-state index in [1.165, 1.54) is 21.9 Å². The van der Waals surface area contributed by atoms with E-state index < -0.39 is 0 Å². The standard InChI is InChI=1S/C53H35BN3O2S/c1-53(2,3)30-17-19-31(20-18-30)55-41-26-47-38(32-13-7-9-15-45(32)58-47)23-36(41)34-21-22-35-37-24-39-33-14-8-10-16-46(33)59-48(39)27-43(37)57-44-28-49-42(25-40(44)54-50(34)51(35)57)56-52(60-49)29-11-5-4-6-12-29/h4-28,55H,1-3H3. The quantitative estimate of drug-likeness (QED) is 0.181. The first-order chi connectivity index (χ1) is 29.3. The molecule has 283 valence electrons. The molecule has 8 aromatic carbocycles. The summed E-state index contributed by atoms with van der Waals surface area (Å²) in [5.74, 6) is 0. The number of hydrogen-bond acceptors (Lipinski definition) is 5. The van der Waals surface area contributed by atoms with Crippen molar-refractivity contribution in [2.45, 2.75) is 26.2 Å². The largest absolute Gasteiger partial charge is 0.456 e. The van der Waals surface area contributed by atoms with E-state index in [0.717, 1.165) is 109 Å². The van der Waals surface area contributed by atoms with Gasteiger partial charge in [0.2, 0.25) is 0 Å². The lowest BCUT2D eigenvalue weighted by atomic mass is 9.59. The molecule has 5 nitrogen and oxygen atoms in total. The number of hydrogen-bond donors (Lipinski definition) is 1. The Bertz CT molecular complexity index is 3750. The molecule has 5 heterocycles. The van der Waals surface area contributed by atoms with Crippen LogP contribution in [0.4, 0.5) is 11.4 Å². The smallest absolute Gasteiger partial charge is 0.198 e. The molecule has 1 radical (unpaired) electrons. The molecular weight excluding hydrogens is 753 g/mol. The number of nitrogens with zero attached hydrogens (tertiary/aromatic N) is 2. The second-order valence-electron chi connectivity index (χ2n) is 17.1. The number of anilines is 2. The zero-order valence-electron chi connectivity index (χ0n) is 33.1. The van der Waals surface area contributed by atoms with Crippen molar-refractivity contribution in [2.24, 2.45) is 0 Å². The van der Waals surface area contributed by atoms with Gasteiger partial charge in [0.15, 0.2) is 7.28 Å². The van der Waals surface area contributed by atoms with Crippen molar-refractivity contribution in [1.82, 2.24) is 9.55 Å².